The first-order valence-electron chi connectivity index (χ1n) is 5.30. The third kappa shape index (κ3) is 1.41. The fraction of sp³-hybridized carbons (Fsp3) is 0.636. The van der Waals surface area contributed by atoms with Crippen molar-refractivity contribution in [1.82, 2.24) is 5.32 Å². The molecule has 2 aliphatic heterocycles. The minimum Gasteiger partial charge on any atom is -0.469 e. The molecule has 2 bridgehead atoms. The highest BCUT2D eigenvalue weighted by molar-refractivity contribution is 5.91. The Kier molecular flexibility index (Phi) is 2.92. The minimum atomic E-state index is -1.19. The highest BCUT2D eigenvalue weighted by Crippen LogP contribution is 2.43. The number of carbonyl (C=O) groups excluding carboxylic acids is 2. The summed E-state index contributed by atoms with van der Waals surface area (Å²) in [4.78, 5) is 23.8. The van der Waals surface area contributed by atoms with Gasteiger partial charge in [-0.1, -0.05) is 12.2 Å². The predicted octanol–water partition coefficient (Wildman–Crippen LogP) is -0.756. The number of nitrogens with one attached hydrogen (secondary N) is 1. The molecular formula is C11H15NO5. The van der Waals surface area contributed by atoms with Crippen molar-refractivity contribution in [3.05, 3.63) is 12.2 Å². The lowest BCUT2D eigenvalue weighted by Crippen LogP contribution is -2.63. The van der Waals surface area contributed by atoms with Gasteiger partial charge in [-0.05, 0) is 7.05 Å². The maximum Gasteiger partial charge on any atom is 0.330 e. The monoisotopic (exact) mass is 241 g/mol. The Labute approximate surface area is 98.9 Å². The average Bonchev–Trinajstić information content (AvgIpc) is 2.95. The van der Waals surface area contributed by atoms with Crippen LogP contribution in [0.2, 0.25) is 0 Å². The molecule has 6 heteroatoms. The second kappa shape index (κ2) is 4.12. The number of esters is 2. The summed E-state index contributed by atoms with van der Waals surface area (Å²) < 4.78 is 15.1. The first-order chi connectivity index (χ1) is 8.11. The van der Waals surface area contributed by atoms with Gasteiger partial charge in [0.1, 0.15) is 12.0 Å². The number of rotatable bonds is 3. The van der Waals surface area contributed by atoms with Crippen molar-refractivity contribution >= 4 is 11.9 Å². The van der Waals surface area contributed by atoms with Crippen LogP contribution in [-0.4, -0.2) is 51.0 Å². The molecule has 2 heterocycles. The quantitative estimate of drug-likeness (QED) is 0.517. The molecule has 1 fully saturated rings. The Bertz CT molecular complexity index is 380. The summed E-state index contributed by atoms with van der Waals surface area (Å²) >= 11 is 0. The van der Waals surface area contributed by atoms with E-state index in [0.717, 1.165) is 0 Å². The summed E-state index contributed by atoms with van der Waals surface area (Å²) in [6.07, 6.45) is 2.58. The SMILES string of the molecule is CNC1(C(=O)OC)C2C=CC(O2)C1C(=O)OC. The number of carbonyl (C=O) groups is 2. The standard InChI is InChI=1S/C11H15NO5/c1-12-11(10(14)16-3)7-5-4-6(17-7)8(11)9(13)15-2/h4-8,12H,1-3H3. The molecule has 6 nitrogen and oxygen atoms in total. The van der Waals surface area contributed by atoms with E-state index in [9.17, 15) is 9.59 Å². The van der Waals surface area contributed by atoms with Crippen molar-refractivity contribution in [1.29, 1.82) is 0 Å². The molecule has 0 aromatic carbocycles. The van der Waals surface area contributed by atoms with E-state index in [1.165, 1.54) is 14.2 Å². The number of hydrogen-bond acceptors (Lipinski definition) is 6. The zero-order valence-electron chi connectivity index (χ0n) is 9.93. The summed E-state index contributed by atoms with van der Waals surface area (Å²) in [5.41, 5.74) is -1.19. The second-order valence-corrected chi connectivity index (χ2v) is 4.02. The zero-order chi connectivity index (χ0) is 12.6. The van der Waals surface area contributed by atoms with E-state index in [0.29, 0.717) is 0 Å². The molecule has 2 aliphatic rings. The lowest BCUT2D eigenvalue weighted by Gasteiger charge is -2.34. The lowest BCUT2D eigenvalue weighted by molar-refractivity contribution is -0.160. The molecule has 1 N–H and O–H groups in total. The second-order valence-electron chi connectivity index (χ2n) is 4.02. The Morgan fingerprint density at radius 2 is 2.00 bits per heavy atom. The van der Waals surface area contributed by atoms with Crippen molar-refractivity contribution in [2.75, 3.05) is 21.3 Å². The summed E-state index contributed by atoms with van der Waals surface area (Å²) in [6.45, 7) is 0. The van der Waals surface area contributed by atoms with Gasteiger partial charge in [0.2, 0.25) is 0 Å². The zero-order valence-corrected chi connectivity index (χ0v) is 9.93. The van der Waals surface area contributed by atoms with E-state index < -0.39 is 35.6 Å². The van der Waals surface area contributed by atoms with Crippen molar-refractivity contribution in [2.24, 2.45) is 5.92 Å². The van der Waals surface area contributed by atoms with E-state index in [-0.39, 0.29) is 0 Å². The van der Waals surface area contributed by atoms with Gasteiger partial charge in [0.15, 0.2) is 5.54 Å². The Hall–Kier alpha value is -1.40. The summed E-state index contributed by atoms with van der Waals surface area (Å²) in [6, 6.07) is 0. The van der Waals surface area contributed by atoms with Gasteiger partial charge in [-0.25, -0.2) is 4.79 Å². The van der Waals surface area contributed by atoms with Crippen molar-refractivity contribution in [2.45, 2.75) is 17.7 Å². The van der Waals surface area contributed by atoms with E-state index >= 15 is 0 Å². The van der Waals surface area contributed by atoms with Crippen LogP contribution in [0.15, 0.2) is 12.2 Å². The molecule has 0 aromatic rings. The predicted molar refractivity (Wildman–Crippen MR) is 57.1 cm³/mol. The molecule has 2 rings (SSSR count). The fourth-order valence-corrected chi connectivity index (χ4v) is 2.61. The fourth-order valence-electron chi connectivity index (χ4n) is 2.61. The first-order valence-corrected chi connectivity index (χ1v) is 5.30. The van der Waals surface area contributed by atoms with Crippen molar-refractivity contribution in [3.63, 3.8) is 0 Å². The molecular weight excluding hydrogens is 226 g/mol. The van der Waals surface area contributed by atoms with Crippen LogP contribution < -0.4 is 5.32 Å². The van der Waals surface area contributed by atoms with Crippen LogP contribution in [0.25, 0.3) is 0 Å². The van der Waals surface area contributed by atoms with Crippen LogP contribution in [0, 0.1) is 5.92 Å². The number of hydrogen-bond donors (Lipinski definition) is 1. The molecule has 0 amide bonds. The van der Waals surface area contributed by atoms with E-state index in [2.05, 4.69) is 5.32 Å². The van der Waals surface area contributed by atoms with Gasteiger partial charge >= 0.3 is 11.9 Å². The number of methoxy groups -OCH3 is 2. The van der Waals surface area contributed by atoms with Crippen molar-refractivity contribution < 1.29 is 23.8 Å². The van der Waals surface area contributed by atoms with E-state index in [1.807, 2.05) is 0 Å². The van der Waals surface area contributed by atoms with Gasteiger partial charge in [-0.3, -0.25) is 4.79 Å². The van der Waals surface area contributed by atoms with Gasteiger partial charge in [0.25, 0.3) is 0 Å². The Balaban J connectivity index is 2.44. The number of likely N-dealkylation sites (N-methyl/N-ethyl adjacent to an activating group) is 1. The molecule has 17 heavy (non-hydrogen) atoms. The van der Waals surface area contributed by atoms with E-state index in [4.69, 9.17) is 14.2 Å². The largest absolute Gasteiger partial charge is 0.469 e. The van der Waals surface area contributed by atoms with Crippen LogP contribution in [0.5, 0.6) is 0 Å². The molecule has 0 aliphatic carbocycles. The van der Waals surface area contributed by atoms with Crippen LogP contribution >= 0.6 is 0 Å². The third-order valence-electron chi connectivity index (χ3n) is 3.44. The molecule has 94 valence electrons. The Morgan fingerprint density at radius 3 is 2.53 bits per heavy atom. The summed E-state index contributed by atoms with van der Waals surface area (Å²) in [7, 11) is 4.17. The summed E-state index contributed by atoms with van der Waals surface area (Å²) in [5.74, 6) is -1.73. The lowest BCUT2D eigenvalue weighted by atomic mass is 9.75. The third-order valence-corrected chi connectivity index (χ3v) is 3.44. The highest BCUT2D eigenvalue weighted by Gasteiger charge is 2.65. The van der Waals surface area contributed by atoms with Gasteiger partial charge < -0.3 is 19.5 Å². The molecule has 1 saturated heterocycles. The molecule has 4 unspecified atom stereocenters. The molecule has 0 saturated carbocycles. The van der Waals surface area contributed by atoms with Crippen LogP contribution in [0.1, 0.15) is 0 Å². The molecule has 0 radical (unpaired) electrons. The highest BCUT2D eigenvalue weighted by atomic mass is 16.6. The number of fused-ring (bicyclic) bond motifs is 2. The smallest absolute Gasteiger partial charge is 0.330 e. The molecule has 0 aromatic heterocycles. The van der Waals surface area contributed by atoms with Gasteiger partial charge in [-0.2, -0.15) is 0 Å². The van der Waals surface area contributed by atoms with Crippen LogP contribution in [0.4, 0.5) is 0 Å². The maximum atomic E-state index is 12.0. The molecule has 0 spiro atoms. The first kappa shape index (κ1) is 12.1. The topological polar surface area (TPSA) is 73.9 Å². The van der Waals surface area contributed by atoms with E-state index in [1.54, 1.807) is 19.2 Å². The number of ether oxygens (including phenoxy) is 3. The van der Waals surface area contributed by atoms with Gasteiger partial charge in [0, 0.05) is 0 Å². The minimum absolute atomic E-state index is 0.445. The van der Waals surface area contributed by atoms with Crippen LogP contribution in [-0.2, 0) is 23.8 Å². The molecule has 4 atom stereocenters. The summed E-state index contributed by atoms with van der Waals surface area (Å²) in [5, 5.41) is 2.87. The maximum absolute atomic E-state index is 12.0. The normalized spacial score (nSPS) is 38.2. The van der Waals surface area contributed by atoms with Gasteiger partial charge in [-0.15, -0.1) is 0 Å². The van der Waals surface area contributed by atoms with Gasteiger partial charge in [0.05, 0.1) is 20.3 Å². The van der Waals surface area contributed by atoms with Crippen LogP contribution in [0.3, 0.4) is 0 Å². The average molecular weight is 241 g/mol. The van der Waals surface area contributed by atoms with Crippen molar-refractivity contribution in [3.8, 4) is 0 Å². The Morgan fingerprint density at radius 1 is 1.29 bits per heavy atom.